The SMILES string of the molecule is CCC(C)n1c(SCc2cc(=O)oc3cc(C)c(C(C)C)cc23)nc2ccccc2c1=O. The first-order chi connectivity index (χ1) is 15.3. The van der Waals surface area contributed by atoms with Gasteiger partial charge in [0, 0.05) is 23.2 Å². The molecule has 0 radical (unpaired) electrons. The number of hydrogen-bond acceptors (Lipinski definition) is 5. The van der Waals surface area contributed by atoms with Gasteiger partial charge in [0.2, 0.25) is 0 Å². The Balaban J connectivity index is 1.82. The number of para-hydroxylation sites is 1. The molecule has 4 aromatic rings. The summed E-state index contributed by atoms with van der Waals surface area (Å²) in [6, 6.07) is 13.1. The molecule has 0 saturated carbocycles. The normalized spacial score (nSPS) is 12.7. The van der Waals surface area contributed by atoms with Crippen LogP contribution in [0.15, 0.2) is 61.6 Å². The summed E-state index contributed by atoms with van der Waals surface area (Å²) in [5, 5.41) is 2.23. The van der Waals surface area contributed by atoms with Gasteiger partial charge in [-0.05, 0) is 67.1 Å². The maximum absolute atomic E-state index is 13.2. The van der Waals surface area contributed by atoms with Gasteiger partial charge >= 0.3 is 5.63 Å². The van der Waals surface area contributed by atoms with Gasteiger partial charge in [-0.2, -0.15) is 0 Å². The van der Waals surface area contributed by atoms with Crippen LogP contribution in [-0.2, 0) is 5.75 Å². The lowest BCUT2D eigenvalue weighted by molar-refractivity contribution is 0.468. The molecule has 0 spiro atoms. The minimum Gasteiger partial charge on any atom is -0.423 e. The Morgan fingerprint density at radius 2 is 1.81 bits per heavy atom. The van der Waals surface area contributed by atoms with E-state index in [2.05, 4.69) is 26.8 Å². The van der Waals surface area contributed by atoms with Crippen molar-refractivity contribution in [3.8, 4) is 0 Å². The number of hydrogen-bond donors (Lipinski definition) is 0. The molecule has 0 aliphatic heterocycles. The molecule has 6 heteroatoms. The summed E-state index contributed by atoms with van der Waals surface area (Å²) in [5.41, 5.74) is 4.13. The lowest BCUT2D eigenvalue weighted by Crippen LogP contribution is -2.26. The Hall–Kier alpha value is -2.86. The zero-order valence-corrected chi connectivity index (χ0v) is 20.0. The van der Waals surface area contributed by atoms with Crippen LogP contribution in [0.1, 0.15) is 62.8 Å². The topological polar surface area (TPSA) is 65.1 Å². The molecule has 5 nitrogen and oxygen atoms in total. The Morgan fingerprint density at radius 1 is 1.06 bits per heavy atom. The zero-order chi connectivity index (χ0) is 23.0. The smallest absolute Gasteiger partial charge is 0.336 e. The Bertz CT molecular complexity index is 1420. The van der Waals surface area contributed by atoms with Crippen LogP contribution in [0.4, 0.5) is 0 Å². The second-order valence-electron chi connectivity index (χ2n) is 8.58. The average Bonchev–Trinajstić information content (AvgIpc) is 2.76. The molecule has 1 atom stereocenters. The summed E-state index contributed by atoms with van der Waals surface area (Å²) in [4.78, 5) is 30.3. The highest BCUT2D eigenvalue weighted by Gasteiger charge is 2.17. The Morgan fingerprint density at radius 3 is 2.53 bits per heavy atom. The highest BCUT2D eigenvalue weighted by Crippen LogP contribution is 2.31. The van der Waals surface area contributed by atoms with Gasteiger partial charge in [-0.3, -0.25) is 9.36 Å². The number of fused-ring (bicyclic) bond motifs is 2. The molecule has 2 aromatic heterocycles. The molecule has 32 heavy (non-hydrogen) atoms. The number of thioether (sulfide) groups is 1. The maximum atomic E-state index is 13.2. The molecule has 0 amide bonds. The molecule has 0 bridgehead atoms. The van der Waals surface area contributed by atoms with Gasteiger partial charge in [0.15, 0.2) is 5.16 Å². The van der Waals surface area contributed by atoms with E-state index < -0.39 is 0 Å². The predicted molar refractivity (Wildman–Crippen MR) is 132 cm³/mol. The van der Waals surface area contributed by atoms with Crippen LogP contribution in [0.3, 0.4) is 0 Å². The minimum atomic E-state index is -0.365. The van der Waals surface area contributed by atoms with Crippen molar-refractivity contribution in [2.24, 2.45) is 0 Å². The second kappa shape index (κ2) is 8.94. The molecular weight excluding hydrogens is 420 g/mol. The van der Waals surface area contributed by atoms with Crippen molar-refractivity contribution in [1.82, 2.24) is 9.55 Å². The van der Waals surface area contributed by atoms with Gasteiger partial charge in [-0.1, -0.05) is 44.7 Å². The van der Waals surface area contributed by atoms with E-state index in [4.69, 9.17) is 9.40 Å². The highest BCUT2D eigenvalue weighted by molar-refractivity contribution is 7.98. The van der Waals surface area contributed by atoms with Gasteiger partial charge in [-0.25, -0.2) is 9.78 Å². The number of aromatic nitrogens is 2. The van der Waals surface area contributed by atoms with E-state index in [1.165, 1.54) is 17.3 Å². The van der Waals surface area contributed by atoms with E-state index in [0.29, 0.717) is 33.3 Å². The van der Waals surface area contributed by atoms with Gasteiger partial charge < -0.3 is 4.42 Å². The van der Waals surface area contributed by atoms with E-state index in [0.717, 1.165) is 22.9 Å². The zero-order valence-electron chi connectivity index (χ0n) is 19.1. The fourth-order valence-electron chi connectivity index (χ4n) is 4.07. The average molecular weight is 449 g/mol. The largest absolute Gasteiger partial charge is 0.423 e. The van der Waals surface area contributed by atoms with Crippen molar-refractivity contribution >= 4 is 33.6 Å². The molecule has 2 aromatic carbocycles. The van der Waals surface area contributed by atoms with Crippen LogP contribution in [0.2, 0.25) is 0 Å². The fourth-order valence-corrected chi connectivity index (χ4v) is 5.16. The first-order valence-corrected chi connectivity index (χ1v) is 12.0. The summed E-state index contributed by atoms with van der Waals surface area (Å²) < 4.78 is 7.27. The Labute approximate surface area is 191 Å². The molecular formula is C26H28N2O3S. The van der Waals surface area contributed by atoms with Crippen molar-refractivity contribution in [2.45, 2.75) is 63.9 Å². The second-order valence-corrected chi connectivity index (χ2v) is 9.53. The van der Waals surface area contributed by atoms with Crippen LogP contribution in [0.5, 0.6) is 0 Å². The number of benzene rings is 2. The van der Waals surface area contributed by atoms with Crippen LogP contribution in [0, 0.1) is 6.92 Å². The molecule has 0 aliphatic rings. The third-order valence-electron chi connectivity index (χ3n) is 6.00. The molecule has 0 saturated heterocycles. The third kappa shape index (κ3) is 4.11. The molecule has 0 N–H and O–H groups in total. The number of nitrogens with zero attached hydrogens (tertiary/aromatic N) is 2. The lowest BCUT2D eigenvalue weighted by atomic mass is 9.95. The molecule has 2 heterocycles. The summed E-state index contributed by atoms with van der Waals surface area (Å²) >= 11 is 1.49. The van der Waals surface area contributed by atoms with Gasteiger partial charge in [0.05, 0.1) is 10.9 Å². The van der Waals surface area contributed by atoms with Crippen LogP contribution in [0.25, 0.3) is 21.9 Å². The van der Waals surface area contributed by atoms with E-state index in [9.17, 15) is 9.59 Å². The monoisotopic (exact) mass is 448 g/mol. The number of rotatable bonds is 6. The van der Waals surface area contributed by atoms with E-state index in [1.54, 1.807) is 10.6 Å². The lowest BCUT2D eigenvalue weighted by Gasteiger charge is -2.18. The van der Waals surface area contributed by atoms with Crippen LogP contribution in [-0.4, -0.2) is 9.55 Å². The highest BCUT2D eigenvalue weighted by atomic mass is 32.2. The minimum absolute atomic E-state index is 0.0230. The maximum Gasteiger partial charge on any atom is 0.336 e. The van der Waals surface area contributed by atoms with Crippen molar-refractivity contribution in [2.75, 3.05) is 0 Å². The van der Waals surface area contributed by atoms with Crippen molar-refractivity contribution in [1.29, 1.82) is 0 Å². The Kier molecular flexibility index (Phi) is 6.24. The van der Waals surface area contributed by atoms with Crippen LogP contribution >= 0.6 is 11.8 Å². The summed E-state index contributed by atoms with van der Waals surface area (Å²) in [6.07, 6.45) is 0.822. The van der Waals surface area contributed by atoms with Crippen molar-refractivity contribution in [3.05, 3.63) is 79.9 Å². The van der Waals surface area contributed by atoms with Crippen molar-refractivity contribution < 1.29 is 4.42 Å². The first-order valence-electron chi connectivity index (χ1n) is 11.0. The van der Waals surface area contributed by atoms with Crippen molar-refractivity contribution in [3.63, 3.8) is 0 Å². The van der Waals surface area contributed by atoms with E-state index in [1.807, 2.05) is 44.2 Å². The quantitative estimate of drug-likeness (QED) is 0.200. The summed E-state index contributed by atoms with van der Waals surface area (Å²) in [6.45, 7) is 10.5. The van der Waals surface area contributed by atoms with E-state index >= 15 is 0 Å². The van der Waals surface area contributed by atoms with Crippen LogP contribution < -0.4 is 11.2 Å². The molecule has 0 aliphatic carbocycles. The first kappa shape index (κ1) is 22.3. The number of aryl methyl sites for hydroxylation is 1. The van der Waals surface area contributed by atoms with Gasteiger partial charge in [0.25, 0.3) is 5.56 Å². The standard InChI is InChI=1S/C26H28N2O3S/c1-6-17(5)28-25(30)19-9-7-8-10-22(19)27-26(28)32-14-18-12-24(29)31-23-11-16(4)20(15(2)3)13-21(18)23/h7-13,15,17H,6,14H2,1-5H3. The fraction of sp³-hybridized carbons (Fsp3) is 0.346. The summed E-state index contributed by atoms with van der Waals surface area (Å²) in [7, 11) is 0. The summed E-state index contributed by atoms with van der Waals surface area (Å²) in [5.74, 6) is 0.883. The molecule has 0 fully saturated rings. The molecule has 166 valence electrons. The molecule has 1 unspecified atom stereocenters. The third-order valence-corrected chi connectivity index (χ3v) is 7.00. The van der Waals surface area contributed by atoms with Gasteiger partial charge in [-0.15, -0.1) is 0 Å². The predicted octanol–water partition coefficient (Wildman–Crippen LogP) is 6.20. The van der Waals surface area contributed by atoms with E-state index in [-0.39, 0.29) is 17.2 Å². The van der Waals surface area contributed by atoms with Gasteiger partial charge in [0.1, 0.15) is 5.58 Å². The molecule has 4 rings (SSSR count).